The van der Waals surface area contributed by atoms with Crippen molar-refractivity contribution in [3.05, 3.63) is 46.9 Å². The van der Waals surface area contributed by atoms with Gasteiger partial charge >= 0.3 is 0 Å². The predicted molar refractivity (Wildman–Crippen MR) is 49.7 cm³/mol. The second-order valence-electron chi connectivity index (χ2n) is 2.52. The maximum absolute atomic E-state index is 12.8. The minimum Gasteiger partial charge on any atom is -0.207 e. The Balaban J connectivity index is 2.48. The smallest absolute Gasteiger partial charge is 0.123 e. The van der Waals surface area contributed by atoms with Gasteiger partial charge < -0.3 is 0 Å². The molecule has 0 aliphatic rings. The van der Waals surface area contributed by atoms with Gasteiger partial charge in [-0.2, -0.15) is 11.3 Å². The van der Waals surface area contributed by atoms with Crippen LogP contribution in [-0.4, -0.2) is 0 Å². The van der Waals surface area contributed by atoms with E-state index in [0.717, 1.165) is 11.1 Å². The first-order chi connectivity index (χ1) is 5.86. The zero-order valence-corrected chi connectivity index (χ0v) is 7.14. The summed E-state index contributed by atoms with van der Waals surface area (Å²) in [5.41, 5.74) is 2.02. The van der Waals surface area contributed by atoms with E-state index in [9.17, 15) is 4.39 Å². The van der Waals surface area contributed by atoms with Crippen molar-refractivity contribution in [2.75, 3.05) is 0 Å². The molecule has 1 aromatic heterocycles. The van der Waals surface area contributed by atoms with Crippen molar-refractivity contribution < 1.29 is 4.39 Å². The molecule has 0 bridgehead atoms. The van der Waals surface area contributed by atoms with Crippen LogP contribution in [0.4, 0.5) is 4.39 Å². The summed E-state index contributed by atoms with van der Waals surface area (Å²) >= 11 is 1.62. The SMILES string of the molecule is Fc1cccc(-c2ccsc2)c1. The van der Waals surface area contributed by atoms with Crippen LogP contribution in [0, 0.1) is 5.82 Å². The van der Waals surface area contributed by atoms with E-state index in [0.29, 0.717) is 0 Å². The first kappa shape index (κ1) is 7.50. The molecular weight excluding hydrogens is 171 g/mol. The van der Waals surface area contributed by atoms with Gasteiger partial charge in [0.1, 0.15) is 5.82 Å². The van der Waals surface area contributed by atoms with Crippen LogP contribution in [0.25, 0.3) is 11.1 Å². The van der Waals surface area contributed by atoms with Crippen LogP contribution in [0.5, 0.6) is 0 Å². The van der Waals surface area contributed by atoms with E-state index in [1.54, 1.807) is 23.5 Å². The molecule has 0 saturated heterocycles. The fraction of sp³-hybridized carbons (Fsp3) is 0. The summed E-state index contributed by atoms with van der Waals surface area (Å²) in [6.07, 6.45) is 0. The Morgan fingerprint density at radius 1 is 1.08 bits per heavy atom. The molecule has 0 unspecified atom stereocenters. The Hall–Kier alpha value is -1.15. The van der Waals surface area contributed by atoms with Crippen molar-refractivity contribution in [1.29, 1.82) is 0 Å². The van der Waals surface area contributed by atoms with Gasteiger partial charge in [-0.15, -0.1) is 0 Å². The molecule has 2 rings (SSSR count). The number of rotatable bonds is 1. The Morgan fingerprint density at radius 2 is 2.00 bits per heavy atom. The molecule has 0 N–H and O–H groups in total. The summed E-state index contributed by atoms with van der Waals surface area (Å²) in [5, 5.41) is 4.00. The lowest BCUT2D eigenvalue weighted by molar-refractivity contribution is 0.628. The molecule has 0 fully saturated rings. The fourth-order valence-corrected chi connectivity index (χ4v) is 1.76. The first-order valence-electron chi connectivity index (χ1n) is 3.64. The molecule has 0 saturated carbocycles. The number of thiophene rings is 1. The lowest BCUT2D eigenvalue weighted by atomic mass is 10.1. The highest BCUT2D eigenvalue weighted by atomic mass is 32.1. The third-order valence-electron chi connectivity index (χ3n) is 1.68. The van der Waals surface area contributed by atoms with Crippen LogP contribution < -0.4 is 0 Å². The van der Waals surface area contributed by atoms with Gasteiger partial charge in [-0.25, -0.2) is 4.39 Å². The van der Waals surface area contributed by atoms with Gasteiger partial charge in [-0.1, -0.05) is 12.1 Å². The lowest BCUT2D eigenvalue weighted by Gasteiger charge is -1.95. The van der Waals surface area contributed by atoms with Crippen molar-refractivity contribution in [3.63, 3.8) is 0 Å². The van der Waals surface area contributed by atoms with E-state index in [4.69, 9.17) is 0 Å². The third kappa shape index (κ3) is 1.38. The molecule has 1 heterocycles. The van der Waals surface area contributed by atoms with Crippen LogP contribution >= 0.6 is 11.3 Å². The van der Waals surface area contributed by atoms with Gasteiger partial charge in [-0.3, -0.25) is 0 Å². The lowest BCUT2D eigenvalue weighted by Crippen LogP contribution is -1.75. The summed E-state index contributed by atoms with van der Waals surface area (Å²) in [4.78, 5) is 0. The zero-order chi connectivity index (χ0) is 8.39. The summed E-state index contributed by atoms with van der Waals surface area (Å²) in [7, 11) is 0. The monoisotopic (exact) mass is 178 g/mol. The van der Waals surface area contributed by atoms with Crippen molar-refractivity contribution in [2.24, 2.45) is 0 Å². The second-order valence-corrected chi connectivity index (χ2v) is 3.30. The van der Waals surface area contributed by atoms with Crippen LogP contribution in [0.3, 0.4) is 0 Å². The highest BCUT2D eigenvalue weighted by molar-refractivity contribution is 7.08. The van der Waals surface area contributed by atoms with E-state index >= 15 is 0 Å². The van der Waals surface area contributed by atoms with Gasteiger partial charge in [0, 0.05) is 0 Å². The van der Waals surface area contributed by atoms with Crippen molar-refractivity contribution in [1.82, 2.24) is 0 Å². The van der Waals surface area contributed by atoms with E-state index in [1.165, 1.54) is 6.07 Å². The zero-order valence-electron chi connectivity index (χ0n) is 6.33. The average Bonchev–Trinajstić information content (AvgIpc) is 2.56. The molecule has 0 aliphatic heterocycles. The Bertz CT molecular complexity index is 365. The van der Waals surface area contributed by atoms with Crippen molar-refractivity contribution >= 4 is 11.3 Å². The van der Waals surface area contributed by atoms with Gasteiger partial charge in [-0.05, 0) is 40.1 Å². The van der Waals surface area contributed by atoms with Crippen LogP contribution in [0.15, 0.2) is 41.1 Å². The van der Waals surface area contributed by atoms with E-state index in [1.807, 2.05) is 22.9 Å². The molecule has 0 atom stereocenters. The number of halogens is 1. The molecule has 0 radical (unpaired) electrons. The number of benzene rings is 1. The number of hydrogen-bond acceptors (Lipinski definition) is 1. The Kier molecular flexibility index (Phi) is 1.92. The van der Waals surface area contributed by atoms with E-state index < -0.39 is 0 Å². The predicted octanol–water partition coefficient (Wildman–Crippen LogP) is 3.55. The molecular formula is C10H7FS. The third-order valence-corrected chi connectivity index (χ3v) is 2.36. The summed E-state index contributed by atoms with van der Waals surface area (Å²) < 4.78 is 12.8. The first-order valence-corrected chi connectivity index (χ1v) is 4.59. The maximum Gasteiger partial charge on any atom is 0.123 e. The van der Waals surface area contributed by atoms with Crippen molar-refractivity contribution in [2.45, 2.75) is 0 Å². The Labute approximate surface area is 74.3 Å². The minimum absolute atomic E-state index is 0.182. The minimum atomic E-state index is -0.182. The van der Waals surface area contributed by atoms with Gasteiger partial charge in [0.05, 0.1) is 0 Å². The number of hydrogen-bond donors (Lipinski definition) is 0. The molecule has 1 aromatic carbocycles. The van der Waals surface area contributed by atoms with E-state index in [-0.39, 0.29) is 5.82 Å². The summed E-state index contributed by atoms with van der Waals surface area (Å²) in [5.74, 6) is -0.182. The molecule has 2 heteroatoms. The highest BCUT2D eigenvalue weighted by Gasteiger charge is 1.97. The van der Waals surface area contributed by atoms with Gasteiger partial charge in [0.25, 0.3) is 0 Å². The molecule has 0 amide bonds. The molecule has 60 valence electrons. The normalized spacial score (nSPS) is 10.1. The van der Waals surface area contributed by atoms with E-state index in [2.05, 4.69) is 0 Å². The summed E-state index contributed by atoms with van der Waals surface area (Å²) in [6, 6.07) is 8.62. The molecule has 0 nitrogen and oxygen atoms in total. The molecule has 12 heavy (non-hydrogen) atoms. The van der Waals surface area contributed by atoms with Crippen molar-refractivity contribution in [3.8, 4) is 11.1 Å². The fourth-order valence-electron chi connectivity index (χ4n) is 1.10. The average molecular weight is 178 g/mol. The van der Waals surface area contributed by atoms with Gasteiger partial charge in [0.2, 0.25) is 0 Å². The maximum atomic E-state index is 12.8. The molecule has 2 aromatic rings. The van der Waals surface area contributed by atoms with Crippen LogP contribution in [0.1, 0.15) is 0 Å². The van der Waals surface area contributed by atoms with Crippen LogP contribution in [-0.2, 0) is 0 Å². The largest absolute Gasteiger partial charge is 0.207 e. The van der Waals surface area contributed by atoms with Crippen LogP contribution in [0.2, 0.25) is 0 Å². The quantitative estimate of drug-likeness (QED) is 0.626. The highest BCUT2D eigenvalue weighted by Crippen LogP contribution is 2.22. The Morgan fingerprint density at radius 3 is 2.67 bits per heavy atom. The second kappa shape index (κ2) is 3.07. The van der Waals surface area contributed by atoms with Gasteiger partial charge in [0.15, 0.2) is 0 Å². The molecule has 0 spiro atoms. The standard InChI is InChI=1S/C10H7FS/c11-10-3-1-2-8(6-10)9-4-5-12-7-9/h1-7H. The topological polar surface area (TPSA) is 0 Å². The summed E-state index contributed by atoms with van der Waals surface area (Å²) in [6.45, 7) is 0. The molecule has 0 aliphatic carbocycles.